The first-order valence-electron chi connectivity index (χ1n) is 4.81. The van der Waals surface area contributed by atoms with E-state index in [4.69, 9.17) is 16.0 Å². The van der Waals surface area contributed by atoms with Gasteiger partial charge in [0.15, 0.2) is 0 Å². The van der Waals surface area contributed by atoms with E-state index < -0.39 is 6.10 Å². The van der Waals surface area contributed by atoms with Crippen LogP contribution in [0.4, 0.5) is 0 Å². The lowest BCUT2D eigenvalue weighted by Crippen LogP contribution is -2.01. The molecule has 1 unspecified atom stereocenters. The molecule has 1 N–H and O–H groups in total. The average Bonchev–Trinajstić information content (AvgIpc) is 2.70. The number of halogens is 2. The lowest BCUT2D eigenvalue weighted by atomic mass is 10.0. The third-order valence-corrected chi connectivity index (χ3v) is 3.15. The number of hydrogen-bond acceptors (Lipinski definition) is 2. The van der Waals surface area contributed by atoms with Crippen molar-refractivity contribution in [3.8, 4) is 0 Å². The molecule has 2 nitrogen and oxygen atoms in total. The fourth-order valence-corrected chi connectivity index (χ4v) is 2.31. The molecule has 1 atom stereocenters. The predicted molar refractivity (Wildman–Crippen MR) is 66.5 cm³/mol. The zero-order valence-corrected chi connectivity index (χ0v) is 10.7. The van der Waals surface area contributed by atoms with Crippen molar-refractivity contribution >= 4 is 27.5 Å². The van der Waals surface area contributed by atoms with Crippen LogP contribution >= 0.6 is 27.5 Å². The Hall–Kier alpha value is -0.770. The molecule has 2 aromatic rings. The molecule has 0 bridgehead atoms. The van der Waals surface area contributed by atoms with Crippen molar-refractivity contribution in [3.63, 3.8) is 0 Å². The third kappa shape index (κ3) is 2.67. The molecule has 0 aliphatic carbocycles. The van der Waals surface area contributed by atoms with E-state index in [9.17, 15) is 5.11 Å². The van der Waals surface area contributed by atoms with E-state index in [2.05, 4.69) is 15.9 Å². The minimum Gasteiger partial charge on any atom is -0.472 e. The molecule has 4 heteroatoms. The van der Waals surface area contributed by atoms with Gasteiger partial charge in [-0.25, -0.2) is 0 Å². The molecule has 1 heterocycles. The maximum absolute atomic E-state index is 10.0. The predicted octanol–water partition coefficient (Wildman–Crippen LogP) is 3.97. The molecule has 2 rings (SSSR count). The summed E-state index contributed by atoms with van der Waals surface area (Å²) < 4.78 is 5.85. The largest absolute Gasteiger partial charge is 0.472 e. The number of rotatable bonds is 3. The maximum Gasteiger partial charge on any atom is 0.0935 e. The number of hydrogen-bond donors (Lipinski definition) is 1. The van der Waals surface area contributed by atoms with Crippen molar-refractivity contribution in [3.05, 3.63) is 57.4 Å². The van der Waals surface area contributed by atoms with E-state index in [1.807, 2.05) is 18.2 Å². The Morgan fingerprint density at radius 2 is 2.19 bits per heavy atom. The first kappa shape index (κ1) is 11.7. The minimum absolute atomic E-state index is 0.498. The van der Waals surface area contributed by atoms with E-state index in [1.165, 1.54) is 0 Å². The van der Waals surface area contributed by atoms with Gasteiger partial charge in [-0.3, -0.25) is 0 Å². The van der Waals surface area contributed by atoms with Crippen LogP contribution in [0.3, 0.4) is 0 Å². The Bertz CT molecular complexity index is 468. The van der Waals surface area contributed by atoms with Gasteiger partial charge in [0.05, 0.1) is 18.6 Å². The van der Waals surface area contributed by atoms with E-state index in [-0.39, 0.29) is 0 Å². The van der Waals surface area contributed by atoms with Crippen molar-refractivity contribution < 1.29 is 9.52 Å². The zero-order chi connectivity index (χ0) is 11.5. The first-order valence-corrected chi connectivity index (χ1v) is 5.98. The lowest BCUT2D eigenvalue weighted by molar-refractivity contribution is 0.178. The smallest absolute Gasteiger partial charge is 0.0935 e. The Morgan fingerprint density at radius 3 is 2.81 bits per heavy atom. The van der Waals surface area contributed by atoms with Crippen molar-refractivity contribution in [2.24, 2.45) is 0 Å². The summed E-state index contributed by atoms with van der Waals surface area (Å²) in [5, 5.41) is 10.6. The van der Waals surface area contributed by atoms with E-state index in [0.717, 1.165) is 15.6 Å². The van der Waals surface area contributed by atoms with Crippen LogP contribution in [0.1, 0.15) is 17.2 Å². The highest BCUT2D eigenvalue weighted by Gasteiger charge is 2.13. The number of benzene rings is 1. The van der Waals surface area contributed by atoms with Gasteiger partial charge in [0.1, 0.15) is 0 Å². The number of aliphatic hydroxyl groups is 1. The fourth-order valence-electron chi connectivity index (χ4n) is 1.51. The van der Waals surface area contributed by atoms with Crippen LogP contribution in [0.25, 0.3) is 0 Å². The fraction of sp³-hybridized carbons (Fsp3) is 0.167. The molecular weight excluding hydrogens is 291 g/mol. The second-order valence-corrected chi connectivity index (χ2v) is 4.84. The maximum atomic E-state index is 10.0. The summed E-state index contributed by atoms with van der Waals surface area (Å²) in [4.78, 5) is 0. The quantitative estimate of drug-likeness (QED) is 0.930. The zero-order valence-electron chi connectivity index (χ0n) is 8.36. The van der Waals surface area contributed by atoms with Gasteiger partial charge in [0.25, 0.3) is 0 Å². The average molecular weight is 302 g/mol. The van der Waals surface area contributed by atoms with Gasteiger partial charge >= 0.3 is 0 Å². The topological polar surface area (TPSA) is 33.4 Å². The molecule has 84 valence electrons. The van der Waals surface area contributed by atoms with Crippen LogP contribution in [0.15, 0.2) is 45.7 Å². The second-order valence-electron chi connectivity index (χ2n) is 3.52. The molecule has 0 aliphatic rings. The van der Waals surface area contributed by atoms with Crippen molar-refractivity contribution in [2.75, 3.05) is 0 Å². The van der Waals surface area contributed by atoms with Crippen LogP contribution in [0, 0.1) is 0 Å². The van der Waals surface area contributed by atoms with Gasteiger partial charge in [0.2, 0.25) is 0 Å². The highest BCUT2D eigenvalue weighted by molar-refractivity contribution is 9.10. The van der Waals surface area contributed by atoms with Gasteiger partial charge in [0, 0.05) is 15.9 Å². The molecule has 0 amide bonds. The van der Waals surface area contributed by atoms with Gasteiger partial charge in [-0.2, -0.15) is 0 Å². The Morgan fingerprint density at radius 1 is 1.38 bits per heavy atom. The number of aliphatic hydroxyl groups excluding tert-OH is 1. The van der Waals surface area contributed by atoms with Gasteiger partial charge in [-0.15, -0.1) is 0 Å². The van der Waals surface area contributed by atoms with Crippen LogP contribution in [-0.2, 0) is 6.42 Å². The molecule has 16 heavy (non-hydrogen) atoms. The molecule has 0 fully saturated rings. The van der Waals surface area contributed by atoms with E-state index >= 15 is 0 Å². The molecule has 0 aliphatic heterocycles. The monoisotopic (exact) mass is 300 g/mol. The van der Waals surface area contributed by atoms with Crippen LogP contribution in [0.2, 0.25) is 5.02 Å². The van der Waals surface area contributed by atoms with Crippen LogP contribution < -0.4 is 0 Å². The number of furan rings is 1. The third-order valence-electron chi connectivity index (χ3n) is 2.33. The first-order chi connectivity index (χ1) is 7.66. The van der Waals surface area contributed by atoms with Crippen molar-refractivity contribution in [1.82, 2.24) is 0 Å². The second kappa shape index (κ2) is 5.04. The highest BCUT2D eigenvalue weighted by Crippen LogP contribution is 2.28. The summed E-state index contributed by atoms with van der Waals surface area (Å²) in [6.07, 6.45) is 3.09. The summed E-state index contributed by atoms with van der Waals surface area (Å²) in [6.45, 7) is 0. The van der Waals surface area contributed by atoms with Crippen LogP contribution in [0.5, 0.6) is 0 Å². The Balaban J connectivity index is 2.17. The van der Waals surface area contributed by atoms with Crippen molar-refractivity contribution in [2.45, 2.75) is 12.5 Å². The molecule has 1 aromatic heterocycles. The molecule has 0 saturated heterocycles. The van der Waals surface area contributed by atoms with Gasteiger partial charge in [-0.1, -0.05) is 33.6 Å². The molecule has 1 aromatic carbocycles. The normalized spacial score (nSPS) is 12.7. The van der Waals surface area contributed by atoms with E-state index in [0.29, 0.717) is 11.4 Å². The van der Waals surface area contributed by atoms with Gasteiger partial charge in [-0.05, 0) is 29.3 Å². The highest BCUT2D eigenvalue weighted by atomic mass is 79.9. The summed E-state index contributed by atoms with van der Waals surface area (Å²) >= 11 is 9.38. The molecule has 0 spiro atoms. The van der Waals surface area contributed by atoms with E-state index in [1.54, 1.807) is 18.6 Å². The lowest BCUT2D eigenvalue weighted by Gasteiger charge is -2.11. The molecular formula is C12H10BrClO2. The minimum atomic E-state index is -0.613. The Labute approximate surface area is 107 Å². The molecule has 0 saturated carbocycles. The SMILES string of the molecule is OC(Cc1ccoc1)c1ccc(Br)cc1Cl. The summed E-state index contributed by atoms with van der Waals surface area (Å²) in [6, 6.07) is 7.28. The summed E-state index contributed by atoms with van der Waals surface area (Å²) in [7, 11) is 0. The van der Waals surface area contributed by atoms with Crippen molar-refractivity contribution in [1.29, 1.82) is 0 Å². The van der Waals surface area contributed by atoms with Crippen LogP contribution in [-0.4, -0.2) is 5.11 Å². The van der Waals surface area contributed by atoms with Gasteiger partial charge < -0.3 is 9.52 Å². The molecule has 0 radical (unpaired) electrons. The Kier molecular flexibility index (Phi) is 3.69. The summed E-state index contributed by atoms with van der Waals surface area (Å²) in [5.74, 6) is 0. The summed E-state index contributed by atoms with van der Waals surface area (Å²) in [5.41, 5.74) is 1.68. The standard InChI is InChI=1S/C12H10BrClO2/c13-9-1-2-10(11(14)6-9)12(15)5-8-3-4-16-7-8/h1-4,6-7,12,15H,5H2.